The summed E-state index contributed by atoms with van der Waals surface area (Å²) in [5.74, 6) is -0.253. The lowest BCUT2D eigenvalue weighted by Crippen LogP contribution is -2.33. The summed E-state index contributed by atoms with van der Waals surface area (Å²) in [4.78, 5) is 25.8. The maximum Gasteiger partial charge on any atom is 0.307 e. The highest BCUT2D eigenvalue weighted by atomic mass is 16.5. The van der Waals surface area contributed by atoms with E-state index < -0.39 is 5.97 Å². The molecule has 0 unspecified atom stereocenters. The van der Waals surface area contributed by atoms with E-state index in [-0.39, 0.29) is 18.9 Å². The molecule has 0 spiro atoms. The molecule has 0 atom stereocenters. The summed E-state index contributed by atoms with van der Waals surface area (Å²) < 4.78 is 7.17. The van der Waals surface area contributed by atoms with Gasteiger partial charge in [0.2, 0.25) is 5.91 Å². The first-order valence-corrected chi connectivity index (χ1v) is 10.1. The minimum atomic E-state index is -0.887. The Morgan fingerprint density at radius 3 is 2.61 bits per heavy atom. The van der Waals surface area contributed by atoms with E-state index >= 15 is 0 Å². The minimum absolute atomic E-state index is 0.0229. The highest BCUT2D eigenvalue weighted by molar-refractivity contribution is 5.79. The Kier molecular flexibility index (Phi) is 7.07. The summed E-state index contributed by atoms with van der Waals surface area (Å²) in [6.07, 6.45) is 3.35. The number of aliphatic carboxylic acids is 1. The molecule has 0 fully saturated rings. The van der Waals surface area contributed by atoms with Crippen molar-refractivity contribution in [3.8, 4) is 16.9 Å². The van der Waals surface area contributed by atoms with Gasteiger partial charge in [-0.2, -0.15) is 5.10 Å². The fourth-order valence-electron chi connectivity index (χ4n) is 3.58. The van der Waals surface area contributed by atoms with Crippen LogP contribution in [0.3, 0.4) is 0 Å². The van der Waals surface area contributed by atoms with Crippen molar-refractivity contribution in [1.82, 2.24) is 14.7 Å². The Morgan fingerprint density at radius 2 is 1.97 bits per heavy atom. The average Bonchev–Trinajstić information content (AvgIpc) is 3.24. The zero-order chi connectivity index (χ0) is 22.4. The third kappa shape index (κ3) is 5.51. The van der Waals surface area contributed by atoms with Gasteiger partial charge < -0.3 is 14.7 Å². The van der Waals surface area contributed by atoms with E-state index in [9.17, 15) is 14.7 Å². The van der Waals surface area contributed by atoms with Crippen LogP contribution in [0.5, 0.6) is 5.75 Å². The average molecular weight is 421 g/mol. The van der Waals surface area contributed by atoms with Gasteiger partial charge in [0.1, 0.15) is 12.3 Å². The molecule has 1 N–H and O–H groups in total. The Balaban J connectivity index is 1.97. The number of rotatable bonds is 9. The van der Waals surface area contributed by atoms with Gasteiger partial charge in [0.15, 0.2) is 0 Å². The Hall–Kier alpha value is -3.61. The van der Waals surface area contributed by atoms with Gasteiger partial charge in [-0.1, -0.05) is 29.8 Å². The first kappa shape index (κ1) is 22.1. The largest absolute Gasteiger partial charge is 0.496 e. The molecule has 1 heterocycles. The van der Waals surface area contributed by atoms with Gasteiger partial charge in [-0.3, -0.25) is 14.3 Å². The molecule has 0 aliphatic carbocycles. The molecule has 0 radical (unpaired) electrons. The highest BCUT2D eigenvalue weighted by Gasteiger charge is 2.18. The molecule has 31 heavy (non-hydrogen) atoms. The maximum atomic E-state index is 12.9. The number of hydrogen-bond donors (Lipinski definition) is 1. The van der Waals surface area contributed by atoms with Gasteiger partial charge in [0, 0.05) is 31.0 Å². The fraction of sp³-hybridized carbons (Fsp3) is 0.292. The summed E-state index contributed by atoms with van der Waals surface area (Å²) in [5.41, 5.74) is 4.47. The Morgan fingerprint density at radius 1 is 1.16 bits per heavy atom. The van der Waals surface area contributed by atoms with E-state index in [2.05, 4.69) is 11.2 Å². The van der Waals surface area contributed by atoms with E-state index in [1.54, 1.807) is 47.3 Å². The third-order valence-corrected chi connectivity index (χ3v) is 5.12. The first-order chi connectivity index (χ1) is 14.9. The lowest BCUT2D eigenvalue weighted by molar-refractivity contribution is -0.136. The predicted octanol–water partition coefficient (Wildman–Crippen LogP) is 3.54. The smallest absolute Gasteiger partial charge is 0.307 e. The number of methoxy groups -OCH3 is 1. The van der Waals surface area contributed by atoms with Crippen LogP contribution in [0.25, 0.3) is 11.1 Å². The SMILES string of the molecule is CCN(Cc1cc(C)ccc1-c1cc(CC(=O)O)ccc1OC)C(=O)Cn1cccn1. The third-order valence-electron chi connectivity index (χ3n) is 5.12. The zero-order valence-corrected chi connectivity index (χ0v) is 18.0. The van der Waals surface area contributed by atoms with E-state index in [4.69, 9.17) is 4.74 Å². The van der Waals surface area contributed by atoms with Crippen LogP contribution in [0.2, 0.25) is 0 Å². The number of aromatic nitrogens is 2. The van der Waals surface area contributed by atoms with Crippen molar-refractivity contribution in [2.24, 2.45) is 0 Å². The number of aryl methyl sites for hydroxylation is 1. The topological polar surface area (TPSA) is 84.7 Å². The molecule has 0 bridgehead atoms. The number of carbonyl (C=O) groups is 2. The molecule has 2 aromatic carbocycles. The maximum absolute atomic E-state index is 12.9. The summed E-state index contributed by atoms with van der Waals surface area (Å²) in [5, 5.41) is 13.3. The van der Waals surface area contributed by atoms with Crippen molar-refractivity contribution in [3.05, 3.63) is 71.5 Å². The summed E-state index contributed by atoms with van der Waals surface area (Å²) in [7, 11) is 1.59. The van der Waals surface area contributed by atoms with E-state index in [0.29, 0.717) is 24.4 Å². The van der Waals surface area contributed by atoms with Gasteiger partial charge in [0.25, 0.3) is 0 Å². The second-order valence-corrected chi connectivity index (χ2v) is 7.38. The van der Waals surface area contributed by atoms with Crippen molar-refractivity contribution in [1.29, 1.82) is 0 Å². The fourth-order valence-corrected chi connectivity index (χ4v) is 3.58. The number of benzene rings is 2. The van der Waals surface area contributed by atoms with Crippen molar-refractivity contribution in [2.45, 2.75) is 33.4 Å². The van der Waals surface area contributed by atoms with Gasteiger partial charge in [-0.05, 0) is 48.7 Å². The van der Waals surface area contributed by atoms with E-state index in [1.807, 2.05) is 32.0 Å². The molecule has 1 amide bonds. The van der Waals surface area contributed by atoms with Gasteiger partial charge >= 0.3 is 5.97 Å². The second kappa shape index (κ2) is 9.93. The predicted molar refractivity (Wildman–Crippen MR) is 118 cm³/mol. The van der Waals surface area contributed by atoms with Crippen LogP contribution in [0, 0.1) is 6.92 Å². The lowest BCUT2D eigenvalue weighted by Gasteiger charge is -2.23. The summed E-state index contributed by atoms with van der Waals surface area (Å²) in [6, 6.07) is 13.3. The lowest BCUT2D eigenvalue weighted by atomic mass is 9.94. The van der Waals surface area contributed by atoms with E-state index in [1.165, 1.54) is 0 Å². The number of carbonyl (C=O) groups excluding carboxylic acids is 1. The molecule has 162 valence electrons. The molecule has 3 aromatic rings. The monoisotopic (exact) mass is 421 g/mol. The molecule has 1 aromatic heterocycles. The van der Waals surface area contributed by atoms with Crippen LogP contribution in [0.15, 0.2) is 54.9 Å². The molecular weight excluding hydrogens is 394 g/mol. The summed E-state index contributed by atoms with van der Waals surface area (Å²) >= 11 is 0. The highest BCUT2D eigenvalue weighted by Crippen LogP contribution is 2.34. The quantitative estimate of drug-likeness (QED) is 0.571. The van der Waals surface area contributed by atoms with Gasteiger partial charge in [-0.25, -0.2) is 0 Å². The van der Waals surface area contributed by atoms with Gasteiger partial charge in [0.05, 0.1) is 13.5 Å². The number of hydrogen-bond acceptors (Lipinski definition) is 4. The standard InChI is InChI=1S/C24H27N3O4/c1-4-26(23(28)16-27-11-5-10-25-27)15-19-12-17(2)6-8-20(19)21-13-18(14-24(29)30)7-9-22(21)31-3/h5-13H,4,14-16H2,1-3H3,(H,29,30). The molecule has 7 nitrogen and oxygen atoms in total. The summed E-state index contributed by atoms with van der Waals surface area (Å²) in [6.45, 7) is 5.13. The number of likely N-dealkylation sites (N-methyl/N-ethyl adjacent to an activating group) is 1. The van der Waals surface area contributed by atoms with Crippen LogP contribution >= 0.6 is 0 Å². The zero-order valence-electron chi connectivity index (χ0n) is 18.0. The molecule has 3 rings (SSSR count). The molecule has 7 heteroatoms. The number of carboxylic acids is 1. The number of nitrogens with zero attached hydrogens (tertiary/aromatic N) is 3. The van der Waals surface area contributed by atoms with Crippen LogP contribution in [-0.4, -0.2) is 45.3 Å². The normalized spacial score (nSPS) is 10.7. The molecule has 0 saturated heterocycles. The second-order valence-electron chi connectivity index (χ2n) is 7.38. The number of carboxylic acid groups (broad SMARTS) is 1. The Bertz CT molecular complexity index is 1060. The number of ether oxygens (including phenoxy) is 1. The van der Waals surface area contributed by atoms with Crippen molar-refractivity contribution < 1.29 is 19.4 Å². The van der Waals surface area contributed by atoms with Gasteiger partial charge in [-0.15, -0.1) is 0 Å². The van der Waals surface area contributed by atoms with E-state index in [0.717, 1.165) is 22.3 Å². The van der Waals surface area contributed by atoms with Crippen LogP contribution < -0.4 is 4.74 Å². The molecule has 0 aliphatic rings. The van der Waals surface area contributed by atoms with Crippen LogP contribution in [0.1, 0.15) is 23.6 Å². The number of amides is 1. The van der Waals surface area contributed by atoms with Crippen molar-refractivity contribution in [2.75, 3.05) is 13.7 Å². The van der Waals surface area contributed by atoms with Crippen LogP contribution in [-0.2, 0) is 29.1 Å². The molecule has 0 saturated carbocycles. The van der Waals surface area contributed by atoms with Crippen molar-refractivity contribution in [3.63, 3.8) is 0 Å². The molecule has 0 aliphatic heterocycles. The first-order valence-electron chi connectivity index (χ1n) is 10.1. The Labute approximate surface area is 181 Å². The molecular formula is C24H27N3O4. The minimum Gasteiger partial charge on any atom is -0.496 e. The van der Waals surface area contributed by atoms with Crippen molar-refractivity contribution >= 4 is 11.9 Å². The van der Waals surface area contributed by atoms with Crippen LogP contribution in [0.4, 0.5) is 0 Å².